The van der Waals surface area contributed by atoms with E-state index in [-0.39, 0.29) is 0 Å². The highest BCUT2D eigenvalue weighted by Gasteiger charge is 2.00. The third-order valence-electron chi connectivity index (χ3n) is 2.12. The van der Waals surface area contributed by atoms with Crippen molar-refractivity contribution in [1.29, 1.82) is 0 Å². The maximum absolute atomic E-state index is 10.2. The van der Waals surface area contributed by atoms with Crippen LogP contribution in [0.1, 0.15) is 5.56 Å². The number of nitrogens with zero attached hydrogens (tertiary/aromatic N) is 2. The van der Waals surface area contributed by atoms with Gasteiger partial charge in [-0.05, 0) is 29.1 Å². The molecule has 1 heterocycles. The highest BCUT2D eigenvalue weighted by Crippen LogP contribution is 2.25. The van der Waals surface area contributed by atoms with Crippen LogP contribution in [0.15, 0.2) is 41.3 Å². The van der Waals surface area contributed by atoms with Gasteiger partial charge in [0.05, 0.1) is 4.92 Å². The van der Waals surface area contributed by atoms with Crippen LogP contribution < -0.4 is 0 Å². The summed E-state index contributed by atoms with van der Waals surface area (Å²) < 4.78 is 0.876. The number of nitro groups is 1. The van der Waals surface area contributed by atoms with E-state index >= 15 is 0 Å². The van der Waals surface area contributed by atoms with Gasteiger partial charge in [0.15, 0.2) is 0 Å². The zero-order valence-corrected chi connectivity index (χ0v) is 9.72. The SMILES string of the molecule is O=[N+]([O-])/C=C/c1cc(Br)c2cnccc2c1. The molecular formula is C11H7BrN2O2. The van der Waals surface area contributed by atoms with Gasteiger partial charge < -0.3 is 0 Å². The molecule has 1 aromatic heterocycles. The molecule has 0 saturated heterocycles. The lowest BCUT2D eigenvalue weighted by molar-refractivity contribution is -0.400. The first-order chi connectivity index (χ1) is 7.66. The molecule has 0 saturated carbocycles. The number of hydrogen-bond acceptors (Lipinski definition) is 3. The quantitative estimate of drug-likeness (QED) is 0.626. The summed E-state index contributed by atoms with van der Waals surface area (Å²) in [4.78, 5) is 13.8. The molecule has 0 fully saturated rings. The number of pyridine rings is 1. The van der Waals surface area contributed by atoms with E-state index in [1.54, 1.807) is 12.4 Å². The Morgan fingerprint density at radius 2 is 2.25 bits per heavy atom. The van der Waals surface area contributed by atoms with E-state index in [9.17, 15) is 10.1 Å². The molecule has 1 aromatic carbocycles. The molecule has 0 radical (unpaired) electrons. The molecular weight excluding hydrogens is 272 g/mol. The number of rotatable bonds is 2. The molecule has 80 valence electrons. The van der Waals surface area contributed by atoms with Crippen LogP contribution in [0.4, 0.5) is 0 Å². The summed E-state index contributed by atoms with van der Waals surface area (Å²) in [6.07, 6.45) is 5.83. The van der Waals surface area contributed by atoms with Crippen molar-refractivity contribution in [3.63, 3.8) is 0 Å². The molecule has 0 aliphatic heterocycles. The van der Waals surface area contributed by atoms with Crippen molar-refractivity contribution >= 4 is 32.8 Å². The van der Waals surface area contributed by atoms with Crippen LogP contribution in [0, 0.1) is 10.1 Å². The molecule has 0 atom stereocenters. The molecule has 2 rings (SSSR count). The minimum absolute atomic E-state index is 0.481. The Labute approximate surface area is 99.9 Å². The maximum atomic E-state index is 10.2. The van der Waals surface area contributed by atoms with Gasteiger partial charge in [-0.15, -0.1) is 0 Å². The fraction of sp³-hybridized carbons (Fsp3) is 0. The van der Waals surface area contributed by atoms with Gasteiger partial charge in [0, 0.05) is 28.3 Å². The van der Waals surface area contributed by atoms with Gasteiger partial charge in [-0.3, -0.25) is 15.1 Å². The summed E-state index contributed by atoms with van der Waals surface area (Å²) in [5.41, 5.74) is 0.780. The van der Waals surface area contributed by atoms with Crippen LogP contribution in [0.2, 0.25) is 0 Å². The van der Waals surface area contributed by atoms with Crippen LogP contribution in [0.25, 0.3) is 16.8 Å². The third kappa shape index (κ3) is 2.25. The molecule has 0 aliphatic carbocycles. The Hall–Kier alpha value is -1.75. The van der Waals surface area contributed by atoms with Gasteiger partial charge in [-0.25, -0.2) is 0 Å². The fourth-order valence-corrected chi connectivity index (χ4v) is 2.01. The van der Waals surface area contributed by atoms with Crippen LogP contribution >= 0.6 is 15.9 Å². The van der Waals surface area contributed by atoms with Gasteiger partial charge in [0.2, 0.25) is 6.20 Å². The van der Waals surface area contributed by atoms with Crippen molar-refractivity contribution in [2.24, 2.45) is 0 Å². The number of halogens is 1. The lowest BCUT2D eigenvalue weighted by Crippen LogP contribution is -1.84. The number of benzene rings is 1. The first kappa shape index (κ1) is 10.8. The Kier molecular flexibility index (Phi) is 2.96. The zero-order valence-electron chi connectivity index (χ0n) is 8.13. The largest absolute Gasteiger partial charge is 0.264 e. The standard InChI is InChI=1S/C11H7BrN2O2/c12-11-6-8(2-4-14(15)16)5-9-1-3-13-7-10(9)11/h1-7H/b4-2+. The average Bonchev–Trinajstić information content (AvgIpc) is 2.26. The van der Waals surface area contributed by atoms with E-state index in [2.05, 4.69) is 20.9 Å². The van der Waals surface area contributed by atoms with Crippen molar-refractivity contribution in [1.82, 2.24) is 4.98 Å². The smallest absolute Gasteiger partial charge is 0.235 e. The summed E-state index contributed by atoms with van der Waals surface area (Å²) in [7, 11) is 0. The first-order valence-corrected chi connectivity index (χ1v) is 5.31. The van der Waals surface area contributed by atoms with E-state index < -0.39 is 4.92 Å². The van der Waals surface area contributed by atoms with Crippen LogP contribution in [-0.2, 0) is 0 Å². The third-order valence-corrected chi connectivity index (χ3v) is 2.77. The molecule has 2 aromatic rings. The normalized spacial score (nSPS) is 11.1. The number of hydrogen-bond donors (Lipinski definition) is 0. The molecule has 0 unspecified atom stereocenters. The number of aromatic nitrogens is 1. The highest BCUT2D eigenvalue weighted by molar-refractivity contribution is 9.10. The topological polar surface area (TPSA) is 56.0 Å². The fourth-order valence-electron chi connectivity index (χ4n) is 1.42. The van der Waals surface area contributed by atoms with E-state index in [4.69, 9.17) is 0 Å². The summed E-state index contributed by atoms with van der Waals surface area (Å²) in [5.74, 6) is 0. The summed E-state index contributed by atoms with van der Waals surface area (Å²) in [5, 5.41) is 12.2. The van der Waals surface area contributed by atoms with E-state index in [1.807, 2.05) is 18.2 Å². The van der Waals surface area contributed by atoms with E-state index in [0.29, 0.717) is 0 Å². The molecule has 0 aliphatic rings. The van der Waals surface area contributed by atoms with Gasteiger partial charge in [-0.2, -0.15) is 0 Å². The van der Waals surface area contributed by atoms with Crippen molar-refractivity contribution in [3.8, 4) is 0 Å². The van der Waals surface area contributed by atoms with Crippen molar-refractivity contribution < 1.29 is 4.92 Å². The minimum atomic E-state index is -0.481. The molecule has 0 N–H and O–H groups in total. The minimum Gasteiger partial charge on any atom is -0.264 e. The molecule has 0 amide bonds. The van der Waals surface area contributed by atoms with Gasteiger partial charge in [-0.1, -0.05) is 15.9 Å². The molecule has 0 bridgehead atoms. The van der Waals surface area contributed by atoms with Gasteiger partial charge >= 0.3 is 0 Å². The number of fused-ring (bicyclic) bond motifs is 1. The Balaban J connectivity index is 2.54. The van der Waals surface area contributed by atoms with Crippen LogP contribution in [0.3, 0.4) is 0 Å². The highest BCUT2D eigenvalue weighted by atomic mass is 79.9. The predicted molar refractivity (Wildman–Crippen MR) is 65.5 cm³/mol. The summed E-state index contributed by atoms with van der Waals surface area (Å²) in [6, 6.07) is 5.56. The zero-order chi connectivity index (χ0) is 11.5. The molecule has 0 spiro atoms. The second-order valence-electron chi connectivity index (χ2n) is 3.20. The first-order valence-electron chi connectivity index (χ1n) is 4.52. The van der Waals surface area contributed by atoms with Crippen molar-refractivity contribution in [2.75, 3.05) is 0 Å². The lowest BCUT2D eigenvalue weighted by Gasteiger charge is -2.01. The average molecular weight is 279 g/mol. The summed E-state index contributed by atoms with van der Waals surface area (Å²) >= 11 is 3.41. The van der Waals surface area contributed by atoms with E-state index in [1.165, 1.54) is 6.08 Å². The van der Waals surface area contributed by atoms with Gasteiger partial charge in [0.1, 0.15) is 0 Å². The second kappa shape index (κ2) is 4.40. The Morgan fingerprint density at radius 3 is 3.00 bits per heavy atom. The second-order valence-corrected chi connectivity index (χ2v) is 4.05. The molecule has 16 heavy (non-hydrogen) atoms. The van der Waals surface area contributed by atoms with Crippen LogP contribution in [0.5, 0.6) is 0 Å². The van der Waals surface area contributed by atoms with E-state index in [0.717, 1.165) is 27.0 Å². The van der Waals surface area contributed by atoms with Crippen molar-refractivity contribution in [2.45, 2.75) is 0 Å². The molecule has 4 nitrogen and oxygen atoms in total. The predicted octanol–water partition coefficient (Wildman–Crippen LogP) is 3.24. The van der Waals surface area contributed by atoms with Crippen molar-refractivity contribution in [3.05, 3.63) is 56.9 Å². The maximum Gasteiger partial charge on any atom is 0.235 e. The monoisotopic (exact) mass is 278 g/mol. The summed E-state index contributed by atoms with van der Waals surface area (Å²) in [6.45, 7) is 0. The lowest BCUT2D eigenvalue weighted by atomic mass is 10.1. The Morgan fingerprint density at radius 1 is 1.44 bits per heavy atom. The van der Waals surface area contributed by atoms with Crippen LogP contribution in [-0.4, -0.2) is 9.91 Å². The van der Waals surface area contributed by atoms with Gasteiger partial charge in [0.25, 0.3) is 0 Å². The Bertz CT molecular complexity index is 581. The molecule has 5 heteroatoms.